The fraction of sp³-hybridized carbons (Fsp3) is 0.130. The molecule has 0 unspecified atom stereocenters. The number of hydrogen-bond acceptors (Lipinski definition) is 3. The predicted molar refractivity (Wildman–Crippen MR) is 212 cm³/mol. The van der Waals surface area contributed by atoms with E-state index in [1.807, 2.05) is 54.9 Å². The average Bonchev–Trinajstić information content (AvgIpc) is 3.53. The molecule has 1 radical (unpaired) electrons. The van der Waals surface area contributed by atoms with E-state index < -0.39 is 13.3 Å². The quantitative estimate of drug-likeness (QED) is 0.123. The Bertz CT molecular complexity index is 2360. The fourth-order valence-electron chi connectivity index (χ4n) is 6.10. The van der Waals surface area contributed by atoms with Gasteiger partial charge in [0.1, 0.15) is 5.58 Å². The average molecular weight is 902 g/mol. The molecule has 51 heavy (non-hydrogen) atoms. The van der Waals surface area contributed by atoms with Crippen LogP contribution in [0.5, 0.6) is 0 Å². The normalized spacial score (nSPS) is 11.3. The smallest absolute Gasteiger partial charge is 0 e. The molecule has 0 fully saturated rings. The van der Waals surface area contributed by atoms with E-state index in [1.165, 1.54) is 21.1 Å². The summed E-state index contributed by atoms with van der Waals surface area (Å²) in [7, 11) is 0. The maximum Gasteiger partial charge on any atom is 0 e. The molecule has 0 aliphatic rings. The van der Waals surface area contributed by atoms with Gasteiger partial charge in [-0.05, 0) is 46.5 Å². The van der Waals surface area contributed by atoms with Crippen molar-refractivity contribution in [1.82, 2.24) is 9.97 Å². The number of nitrogens with zero attached hydrogens (tertiary/aromatic N) is 2. The summed E-state index contributed by atoms with van der Waals surface area (Å²) < 4.78 is 7.87. The van der Waals surface area contributed by atoms with Gasteiger partial charge in [-0.25, -0.2) is 0 Å². The maximum atomic E-state index is 6.43. The van der Waals surface area contributed by atoms with Crippen molar-refractivity contribution in [3.8, 4) is 44.8 Å². The van der Waals surface area contributed by atoms with Crippen molar-refractivity contribution in [3.05, 3.63) is 164 Å². The first kappa shape index (κ1) is 36.2. The van der Waals surface area contributed by atoms with Crippen molar-refractivity contribution in [2.75, 3.05) is 0 Å². The molecule has 0 aliphatic carbocycles. The molecule has 0 saturated heterocycles. The van der Waals surface area contributed by atoms with Crippen LogP contribution in [0.2, 0.25) is 17.3 Å². The Balaban J connectivity index is 0.000000222. The van der Waals surface area contributed by atoms with Crippen molar-refractivity contribution in [1.29, 1.82) is 0 Å². The van der Waals surface area contributed by atoms with Crippen molar-refractivity contribution in [2.45, 2.75) is 37.0 Å². The van der Waals surface area contributed by atoms with E-state index in [1.54, 1.807) is 0 Å². The van der Waals surface area contributed by atoms with Crippen molar-refractivity contribution >= 4 is 39.6 Å². The first-order valence-corrected chi connectivity index (χ1v) is 24.5. The molecule has 0 spiro atoms. The zero-order chi connectivity index (χ0) is 34.7. The zero-order valence-electron chi connectivity index (χ0n) is 29.6. The molecule has 3 heterocycles. The molecule has 3 aromatic heterocycles. The third-order valence-corrected chi connectivity index (χ3v) is 13.3. The van der Waals surface area contributed by atoms with E-state index in [2.05, 4.69) is 144 Å². The van der Waals surface area contributed by atoms with Gasteiger partial charge in [0.2, 0.25) is 0 Å². The standard InChI is InChI=1S/C32H24NO.C14H16GeN.Ir/c1-21(2)24-15-16-33-30(20-24)25-13-14-31-28(17-25)29-19-26(22-9-5-3-6-10-22)18-27(32(29)34-31)23-11-7-4-8-12-23;1-15(2,3)13-9-10-14(16-11-13)12-7-5-4-6-8-12;/h3-12,14-21H,1-2H3;4-7,9-11H,1-3H3;/q2*-1;. The van der Waals surface area contributed by atoms with Crippen molar-refractivity contribution < 1.29 is 24.5 Å². The van der Waals surface area contributed by atoms with Crippen LogP contribution in [0, 0.1) is 12.1 Å². The molecule has 255 valence electrons. The number of hydrogen-bond donors (Lipinski definition) is 0. The summed E-state index contributed by atoms with van der Waals surface area (Å²) in [5.74, 6) is 7.59. The maximum absolute atomic E-state index is 6.43. The second-order valence-electron chi connectivity index (χ2n) is 13.9. The van der Waals surface area contributed by atoms with Crippen LogP contribution in [-0.4, -0.2) is 23.2 Å². The van der Waals surface area contributed by atoms with Crippen molar-refractivity contribution in [3.63, 3.8) is 0 Å². The Morgan fingerprint density at radius 3 is 2.00 bits per heavy atom. The summed E-state index contributed by atoms with van der Waals surface area (Å²) in [5.41, 5.74) is 11.6. The van der Waals surface area contributed by atoms with Gasteiger partial charge < -0.3 is 9.40 Å². The molecule has 5 heteroatoms. The topological polar surface area (TPSA) is 38.9 Å². The van der Waals surface area contributed by atoms with Crippen LogP contribution in [0.25, 0.3) is 66.7 Å². The van der Waals surface area contributed by atoms with Crippen LogP contribution in [-0.2, 0) is 20.1 Å². The van der Waals surface area contributed by atoms with Crippen LogP contribution >= 0.6 is 0 Å². The van der Waals surface area contributed by atoms with E-state index in [0.29, 0.717) is 5.92 Å². The number of fused-ring (bicyclic) bond motifs is 3. The molecule has 8 aromatic rings. The van der Waals surface area contributed by atoms with E-state index >= 15 is 0 Å². The minimum Gasteiger partial charge on any atom is 0 e. The second-order valence-corrected chi connectivity index (χ2v) is 24.6. The molecule has 3 nitrogen and oxygen atoms in total. The fourth-order valence-corrected chi connectivity index (χ4v) is 8.27. The molecule has 0 aliphatic heterocycles. The van der Waals surface area contributed by atoms with Gasteiger partial charge in [-0.1, -0.05) is 91.5 Å². The van der Waals surface area contributed by atoms with Gasteiger partial charge in [-0.15, -0.1) is 23.8 Å². The number of pyridine rings is 2. The first-order chi connectivity index (χ1) is 24.2. The summed E-state index contributed by atoms with van der Waals surface area (Å²) in [6.45, 7) is 4.40. The molecule has 0 atom stereocenters. The van der Waals surface area contributed by atoms with Gasteiger partial charge in [0, 0.05) is 37.3 Å². The molecule has 0 saturated carbocycles. The summed E-state index contributed by atoms with van der Waals surface area (Å²) in [6, 6.07) is 52.7. The Hall–Kier alpha value is -4.61. The molecule has 0 N–H and O–H groups in total. The van der Waals surface area contributed by atoms with Gasteiger partial charge in [-0.2, -0.15) is 0 Å². The largest absolute Gasteiger partial charge is 0 e. The van der Waals surface area contributed by atoms with E-state index in [-0.39, 0.29) is 20.1 Å². The SMILES string of the molecule is CC(C)c1ccnc(-c2[c-]cc3oc4c(-c5ccccc5)cc(-c5ccccc5)cc4c3c2)c1.[CH3][Ge]([CH3])([CH3])[c]1ccc(-c2[c-]cccc2)nc1.[Ir]. The van der Waals surface area contributed by atoms with Gasteiger partial charge in [0.25, 0.3) is 0 Å². The first-order valence-electron chi connectivity index (χ1n) is 17.2. The predicted octanol–water partition coefficient (Wildman–Crippen LogP) is 12.0. The summed E-state index contributed by atoms with van der Waals surface area (Å²) in [6.07, 6.45) is 3.92. The Labute approximate surface area is 317 Å². The van der Waals surface area contributed by atoms with Gasteiger partial charge in [0.15, 0.2) is 0 Å². The summed E-state index contributed by atoms with van der Waals surface area (Å²) >= 11 is -1.72. The van der Waals surface area contributed by atoms with E-state index in [4.69, 9.17) is 4.42 Å². The van der Waals surface area contributed by atoms with Gasteiger partial charge in [-0.3, -0.25) is 0 Å². The van der Waals surface area contributed by atoms with Gasteiger partial charge >= 0.3 is 99.8 Å². The number of benzene rings is 5. The third-order valence-electron chi connectivity index (χ3n) is 9.04. The molecule has 0 bridgehead atoms. The Kier molecular flexibility index (Phi) is 11.2. The minimum absolute atomic E-state index is 0. The van der Waals surface area contributed by atoms with Crippen LogP contribution in [0.1, 0.15) is 25.3 Å². The van der Waals surface area contributed by atoms with Gasteiger partial charge in [0.05, 0.1) is 5.58 Å². The van der Waals surface area contributed by atoms with Crippen LogP contribution in [0.3, 0.4) is 0 Å². The summed E-state index contributed by atoms with van der Waals surface area (Å²) in [4.78, 5) is 9.16. The molecule has 5 aromatic carbocycles. The zero-order valence-corrected chi connectivity index (χ0v) is 34.1. The number of aromatic nitrogens is 2. The van der Waals surface area contributed by atoms with Crippen LogP contribution in [0.15, 0.2) is 150 Å². The number of rotatable bonds is 6. The molecule has 8 rings (SSSR count). The van der Waals surface area contributed by atoms with E-state index in [0.717, 1.165) is 55.6 Å². The Morgan fingerprint density at radius 1 is 0.627 bits per heavy atom. The van der Waals surface area contributed by atoms with Crippen molar-refractivity contribution in [2.24, 2.45) is 0 Å². The molecule has 0 amide bonds. The minimum atomic E-state index is -1.72. The second kappa shape index (κ2) is 15.7. The molecular weight excluding hydrogens is 861 g/mol. The third kappa shape index (κ3) is 8.15. The van der Waals surface area contributed by atoms with Crippen LogP contribution in [0.4, 0.5) is 0 Å². The summed E-state index contributed by atoms with van der Waals surface area (Å²) in [5, 5.41) is 2.18. The van der Waals surface area contributed by atoms with E-state index in [9.17, 15) is 0 Å². The van der Waals surface area contributed by atoms with Crippen LogP contribution < -0.4 is 4.40 Å². The Morgan fingerprint density at radius 2 is 1.35 bits per heavy atom. The monoisotopic (exact) mass is 903 g/mol. The molecular formula is C46H40GeIrN2O-2. The number of furan rings is 1.